The van der Waals surface area contributed by atoms with Crippen LogP contribution in [-0.4, -0.2) is 61.9 Å². The number of hydrogen-bond donors (Lipinski definition) is 1. The monoisotopic (exact) mass is 504 g/mol. The van der Waals surface area contributed by atoms with Gasteiger partial charge < -0.3 is 14.4 Å². The molecule has 1 N–H and O–H groups in total. The van der Waals surface area contributed by atoms with E-state index >= 15 is 0 Å². The van der Waals surface area contributed by atoms with Gasteiger partial charge in [-0.15, -0.1) is 0 Å². The standard InChI is InChI=1S/C16H36P.C9H10O6S/c1-5-9-13-17(14-10-6-2,15-11-7-3)16-12-8-4;10-4-5-15-9(11)7-2-1-3-8(6-7)16(12,13)14/h5-16H2,1-4H3;1-3,6,10H,4-5H2,(H,12,13,14)/q+1;/p-1. The second-order valence-electron chi connectivity index (χ2n) is 8.49. The van der Waals surface area contributed by atoms with Crippen LogP contribution in [0.15, 0.2) is 29.2 Å². The molecule has 0 saturated heterocycles. The van der Waals surface area contributed by atoms with E-state index in [9.17, 15) is 17.8 Å². The van der Waals surface area contributed by atoms with Gasteiger partial charge in [0.15, 0.2) is 0 Å². The summed E-state index contributed by atoms with van der Waals surface area (Å²) >= 11 is 0. The third kappa shape index (κ3) is 14.1. The SMILES string of the molecule is CCCC[P+](CCCC)(CCCC)CCCC.O=C(OCCO)c1cccc(S(=O)(=O)[O-])c1. The maximum absolute atomic E-state index is 11.3. The van der Waals surface area contributed by atoms with Crippen molar-refractivity contribution in [2.24, 2.45) is 0 Å². The number of unbranched alkanes of at least 4 members (excludes halogenated alkanes) is 4. The van der Waals surface area contributed by atoms with E-state index in [1.165, 1.54) is 63.5 Å². The first-order valence-electron chi connectivity index (χ1n) is 12.4. The van der Waals surface area contributed by atoms with Gasteiger partial charge in [0, 0.05) is 7.26 Å². The lowest BCUT2D eigenvalue weighted by molar-refractivity contribution is 0.0433. The number of hydrogen-bond acceptors (Lipinski definition) is 6. The maximum Gasteiger partial charge on any atom is 0.338 e. The van der Waals surface area contributed by atoms with Gasteiger partial charge >= 0.3 is 5.97 Å². The molecular weight excluding hydrogens is 459 g/mol. The average molecular weight is 505 g/mol. The van der Waals surface area contributed by atoms with Crippen LogP contribution in [0.3, 0.4) is 0 Å². The van der Waals surface area contributed by atoms with Crippen molar-refractivity contribution in [2.75, 3.05) is 37.9 Å². The lowest BCUT2D eigenvalue weighted by atomic mass is 10.2. The molecule has 0 radical (unpaired) electrons. The summed E-state index contributed by atoms with van der Waals surface area (Å²) in [6.45, 7) is 8.91. The summed E-state index contributed by atoms with van der Waals surface area (Å²) in [6.07, 6.45) is 17.9. The van der Waals surface area contributed by atoms with Gasteiger partial charge in [-0.3, -0.25) is 0 Å². The topological polar surface area (TPSA) is 104 Å². The zero-order valence-electron chi connectivity index (χ0n) is 21.1. The number of aliphatic hydroxyl groups excluding tert-OH is 1. The summed E-state index contributed by atoms with van der Waals surface area (Å²) < 4.78 is 36.6. The molecule has 0 fully saturated rings. The van der Waals surface area contributed by atoms with E-state index in [1.807, 2.05) is 0 Å². The van der Waals surface area contributed by atoms with E-state index in [4.69, 9.17) is 5.11 Å². The Morgan fingerprint density at radius 2 is 1.36 bits per heavy atom. The quantitative estimate of drug-likeness (QED) is 0.170. The number of benzene rings is 1. The number of esters is 1. The first kappa shape index (κ1) is 32.0. The summed E-state index contributed by atoms with van der Waals surface area (Å²) in [5.41, 5.74) is -0.0506. The third-order valence-corrected chi connectivity index (χ3v) is 11.5. The second kappa shape index (κ2) is 18.3. The van der Waals surface area contributed by atoms with Crippen LogP contribution < -0.4 is 0 Å². The molecule has 0 bridgehead atoms. The zero-order valence-corrected chi connectivity index (χ0v) is 22.8. The molecule has 0 heterocycles. The highest BCUT2D eigenvalue weighted by Gasteiger charge is 2.34. The van der Waals surface area contributed by atoms with Crippen LogP contribution in [0.4, 0.5) is 0 Å². The number of rotatable bonds is 16. The van der Waals surface area contributed by atoms with Crippen molar-refractivity contribution in [2.45, 2.75) is 84.0 Å². The van der Waals surface area contributed by atoms with Gasteiger partial charge in [0.25, 0.3) is 0 Å². The highest BCUT2D eigenvalue weighted by molar-refractivity contribution is 7.85. The van der Waals surface area contributed by atoms with Gasteiger partial charge in [0.1, 0.15) is 16.7 Å². The van der Waals surface area contributed by atoms with E-state index in [1.54, 1.807) is 24.6 Å². The number of aliphatic hydroxyl groups is 1. The van der Waals surface area contributed by atoms with E-state index in [2.05, 4.69) is 32.4 Å². The van der Waals surface area contributed by atoms with Crippen LogP contribution in [0.1, 0.15) is 89.4 Å². The summed E-state index contributed by atoms with van der Waals surface area (Å²) in [6, 6.07) is 4.60. The molecule has 192 valence electrons. The van der Waals surface area contributed by atoms with Crippen molar-refractivity contribution in [3.8, 4) is 0 Å². The van der Waals surface area contributed by atoms with Crippen molar-refractivity contribution < 1.29 is 27.6 Å². The van der Waals surface area contributed by atoms with Gasteiger partial charge in [-0.05, 0) is 43.9 Å². The first-order chi connectivity index (χ1) is 15.7. The molecule has 0 spiro atoms. The predicted molar refractivity (Wildman–Crippen MR) is 138 cm³/mol. The van der Waals surface area contributed by atoms with E-state index < -0.39 is 28.2 Å². The summed E-state index contributed by atoms with van der Waals surface area (Å²) in [5.74, 6) is -0.792. The zero-order chi connectivity index (χ0) is 25.2. The van der Waals surface area contributed by atoms with Crippen molar-refractivity contribution in [1.29, 1.82) is 0 Å². The van der Waals surface area contributed by atoms with Crippen LogP contribution in [0.5, 0.6) is 0 Å². The maximum atomic E-state index is 11.3. The molecule has 1 rings (SSSR count). The molecule has 1 aromatic carbocycles. The Hall–Kier alpha value is -1.01. The van der Waals surface area contributed by atoms with Gasteiger partial charge in [0.05, 0.1) is 41.7 Å². The fourth-order valence-corrected chi connectivity index (χ4v) is 9.45. The van der Waals surface area contributed by atoms with Crippen LogP contribution in [0, 0.1) is 0 Å². The highest BCUT2D eigenvalue weighted by atomic mass is 32.2. The van der Waals surface area contributed by atoms with E-state index in [0.717, 1.165) is 12.1 Å². The average Bonchev–Trinajstić information content (AvgIpc) is 2.81. The van der Waals surface area contributed by atoms with Crippen LogP contribution >= 0.6 is 7.26 Å². The van der Waals surface area contributed by atoms with Crippen molar-refractivity contribution >= 4 is 23.3 Å². The van der Waals surface area contributed by atoms with Gasteiger partial charge in [-0.25, -0.2) is 13.2 Å². The minimum Gasteiger partial charge on any atom is -0.744 e. The van der Waals surface area contributed by atoms with Crippen LogP contribution in [-0.2, 0) is 14.9 Å². The summed E-state index contributed by atoms with van der Waals surface area (Å²) in [5, 5.41) is 8.42. The molecule has 0 atom stereocenters. The second-order valence-corrected chi connectivity index (χ2v) is 14.3. The van der Waals surface area contributed by atoms with Gasteiger partial charge in [-0.1, -0.05) is 59.4 Å². The normalized spacial score (nSPS) is 11.6. The lowest BCUT2D eigenvalue weighted by Crippen LogP contribution is -2.12. The Kier molecular flexibility index (Phi) is 17.8. The molecule has 0 aromatic heterocycles. The van der Waals surface area contributed by atoms with Crippen LogP contribution in [0.25, 0.3) is 0 Å². The molecule has 33 heavy (non-hydrogen) atoms. The molecule has 1 aromatic rings. The van der Waals surface area contributed by atoms with Crippen molar-refractivity contribution in [3.05, 3.63) is 29.8 Å². The minimum absolute atomic E-state index is 0.0506. The molecule has 0 unspecified atom stereocenters. The Bertz CT molecular complexity index is 714. The molecular formula is C25H45O6PS. The van der Waals surface area contributed by atoms with Crippen molar-refractivity contribution in [1.82, 2.24) is 0 Å². The van der Waals surface area contributed by atoms with Gasteiger partial charge in [0.2, 0.25) is 0 Å². The molecule has 0 aliphatic rings. The largest absolute Gasteiger partial charge is 0.744 e. The Labute approximate surface area is 202 Å². The smallest absolute Gasteiger partial charge is 0.338 e. The van der Waals surface area contributed by atoms with Gasteiger partial charge in [-0.2, -0.15) is 0 Å². The Morgan fingerprint density at radius 1 is 0.909 bits per heavy atom. The molecule has 0 saturated carbocycles. The summed E-state index contributed by atoms with van der Waals surface area (Å²) in [7, 11) is -5.15. The number of ether oxygens (including phenoxy) is 1. The lowest BCUT2D eigenvalue weighted by Gasteiger charge is -2.28. The Morgan fingerprint density at radius 3 is 1.73 bits per heavy atom. The molecule has 6 nitrogen and oxygen atoms in total. The van der Waals surface area contributed by atoms with E-state index in [0.29, 0.717) is 0 Å². The Balaban J connectivity index is 0.000000621. The third-order valence-electron chi connectivity index (χ3n) is 5.63. The fourth-order valence-electron chi connectivity index (χ4n) is 3.65. The summed E-state index contributed by atoms with van der Waals surface area (Å²) in [4.78, 5) is 10.8. The minimum atomic E-state index is -4.59. The predicted octanol–water partition coefficient (Wildman–Crippen LogP) is 5.94. The molecule has 0 aliphatic carbocycles. The van der Waals surface area contributed by atoms with Crippen molar-refractivity contribution in [3.63, 3.8) is 0 Å². The fraction of sp³-hybridized carbons (Fsp3) is 0.720. The molecule has 0 aliphatic heterocycles. The number of carbonyl (C=O) groups is 1. The first-order valence-corrected chi connectivity index (χ1v) is 16.3. The number of carbonyl (C=O) groups excluding carboxylic acids is 1. The highest BCUT2D eigenvalue weighted by Crippen LogP contribution is 2.61. The van der Waals surface area contributed by atoms with E-state index in [-0.39, 0.29) is 18.8 Å². The molecule has 0 amide bonds. The molecule has 8 heteroatoms. The van der Waals surface area contributed by atoms with Crippen LogP contribution in [0.2, 0.25) is 0 Å².